The highest BCUT2D eigenvalue weighted by molar-refractivity contribution is 7.92. The van der Waals surface area contributed by atoms with Crippen LogP contribution < -0.4 is 21.1 Å². The molecule has 0 aliphatic heterocycles. The van der Waals surface area contributed by atoms with Crippen LogP contribution in [0.4, 0.5) is 31.7 Å². The Kier molecular flexibility index (Phi) is 9.36. The van der Waals surface area contributed by atoms with E-state index in [1.165, 1.54) is 18.3 Å². The number of hydrogen-bond acceptors (Lipinski definition) is 7. The van der Waals surface area contributed by atoms with Crippen LogP contribution in [0.2, 0.25) is 0 Å². The maximum atomic E-state index is 13.5. The van der Waals surface area contributed by atoms with Crippen LogP contribution in [0.5, 0.6) is 0 Å². The molecule has 0 radical (unpaired) electrons. The number of hydrogen-bond donors (Lipinski definition) is 4. The Labute approximate surface area is 215 Å². The lowest BCUT2D eigenvalue weighted by molar-refractivity contribution is 0.100. The molecule has 5 N–H and O–H groups in total. The zero-order chi connectivity index (χ0) is 27.0. The van der Waals surface area contributed by atoms with Crippen molar-refractivity contribution in [2.45, 2.75) is 20.4 Å². The minimum atomic E-state index is -3.50. The van der Waals surface area contributed by atoms with Crippen LogP contribution in [0.25, 0.3) is 0 Å². The minimum absolute atomic E-state index is 0.0111. The maximum Gasteiger partial charge on any atom is 0.252 e. The van der Waals surface area contributed by atoms with Crippen molar-refractivity contribution in [1.29, 1.82) is 0 Å². The largest absolute Gasteiger partial charge is 0.380 e. The molecule has 12 heteroatoms. The first kappa shape index (κ1) is 27.8. The molecule has 0 spiro atoms. The molecule has 2 aromatic carbocycles. The second kappa shape index (κ2) is 12.5. The third kappa shape index (κ3) is 8.40. The van der Waals surface area contributed by atoms with E-state index in [0.717, 1.165) is 19.2 Å². The number of halogens is 2. The number of amides is 1. The van der Waals surface area contributed by atoms with E-state index in [0.29, 0.717) is 35.0 Å². The molecule has 0 unspecified atom stereocenters. The van der Waals surface area contributed by atoms with Crippen LogP contribution >= 0.6 is 0 Å². The predicted molar refractivity (Wildman–Crippen MR) is 141 cm³/mol. The Morgan fingerprint density at radius 1 is 1.00 bits per heavy atom. The average Bonchev–Trinajstić information content (AvgIpc) is 2.84. The van der Waals surface area contributed by atoms with Crippen LogP contribution in [-0.4, -0.2) is 49.6 Å². The molecule has 0 saturated heterocycles. The zero-order valence-corrected chi connectivity index (χ0v) is 21.4. The fourth-order valence-corrected chi connectivity index (χ4v) is 4.66. The van der Waals surface area contributed by atoms with Crippen molar-refractivity contribution < 1.29 is 22.0 Å². The van der Waals surface area contributed by atoms with E-state index in [-0.39, 0.29) is 17.9 Å². The van der Waals surface area contributed by atoms with Gasteiger partial charge in [0.05, 0.1) is 17.0 Å². The number of aromatic nitrogens is 1. The second-order valence-electron chi connectivity index (χ2n) is 8.26. The number of rotatable bonds is 13. The summed E-state index contributed by atoms with van der Waals surface area (Å²) in [6.45, 7) is 6.01. The molecule has 0 aliphatic rings. The first-order chi connectivity index (χ1) is 17.6. The number of carbonyl (C=O) groups excluding carboxylic acids is 1. The average molecular weight is 533 g/mol. The van der Waals surface area contributed by atoms with E-state index in [9.17, 15) is 22.0 Å². The Morgan fingerprint density at radius 2 is 1.62 bits per heavy atom. The number of nitrogens with zero attached hydrogens (tertiary/aromatic N) is 2. The third-order valence-electron chi connectivity index (χ3n) is 5.58. The van der Waals surface area contributed by atoms with Crippen molar-refractivity contribution in [2.75, 3.05) is 40.7 Å². The van der Waals surface area contributed by atoms with Gasteiger partial charge in [0.25, 0.3) is 5.91 Å². The van der Waals surface area contributed by atoms with E-state index in [4.69, 9.17) is 5.73 Å². The lowest BCUT2D eigenvalue weighted by Crippen LogP contribution is -2.31. The minimum Gasteiger partial charge on any atom is -0.380 e. The number of benzene rings is 2. The maximum absolute atomic E-state index is 13.5. The Hall–Kier alpha value is -3.77. The molecule has 37 heavy (non-hydrogen) atoms. The SMILES string of the molecule is CCN(CC)CCS(=O)(=O)Nc1ccc(Nc2cc(NCc3cc(F)cc(F)c3)c(C(N)=O)cn2)cc1. The Morgan fingerprint density at radius 3 is 2.22 bits per heavy atom. The Bertz CT molecular complexity index is 1310. The van der Waals surface area contributed by atoms with Gasteiger partial charge in [-0.2, -0.15) is 0 Å². The van der Waals surface area contributed by atoms with Crippen molar-refractivity contribution >= 4 is 38.8 Å². The van der Waals surface area contributed by atoms with Crippen LogP contribution in [0.1, 0.15) is 29.8 Å². The molecule has 0 atom stereocenters. The van der Waals surface area contributed by atoms with E-state index < -0.39 is 27.6 Å². The summed E-state index contributed by atoms with van der Waals surface area (Å²) in [6, 6.07) is 11.3. The zero-order valence-electron chi connectivity index (χ0n) is 20.6. The molecule has 9 nitrogen and oxygen atoms in total. The van der Waals surface area contributed by atoms with Gasteiger partial charge in [-0.3, -0.25) is 9.52 Å². The van der Waals surface area contributed by atoms with E-state index in [2.05, 4.69) is 20.3 Å². The van der Waals surface area contributed by atoms with Gasteiger partial charge in [0.2, 0.25) is 10.0 Å². The summed E-state index contributed by atoms with van der Waals surface area (Å²) in [5.41, 5.74) is 7.25. The fourth-order valence-electron chi connectivity index (χ4n) is 3.57. The van der Waals surface area contributed by atoms with Gasteiger partial charge in [-0.1, -0.05) is 13.8 Å². The monoisotopic (exact) mass is 532 g/mol. The van der Waals surface area contributed by atoms with Crippen molar-refractivity contribution in [1.82, 2.24) is 9.88 Å². The Balaban J connectivity index is 1.68. The van der Waals surface area contributed by atoms with E-state index in [1.807, 2.05) is 18.7 Å². The number of pyridine rings is 1. The van der Waals surface area contributed by atoms with Crippen LogP contribution in [0, 0.1) is 11.6 Å². The molecular weight excluding hydrogens is 502 g/mol. The predicted octanol–water partition coefficient (Wildman–Crippen LogP) is 3.90. The number of sulfonamides is 1. The number of primary amides is 1. The number of anilines is 4. The van der Waals surface area contributed by atoms with Crippen molar-refractivity contribution in [3.63, 3.8) is 0 Å². The highest BCUT2D eigenvalue weighted by Gasteiger charge is 2.14. The summed E-state index contributed by atoms with van der Waals surface area (Å²) in [4.78, 5) is 18.0. The van der Waals surface area contributed by atoms with E-state index in [1.54, 1.807) is 30.3 Å². The number of nitrogens with one attached hydrogen (secondary N) is 3. The first-order valence-corrected chi connectivity index (χ1v) is 13.3. The highest BCUT2D eigenvalue weighted by Crippen LogP contribution is 2.24. The molecular formula is C25H30F2N6O3S. The normalized spacial score (nSPS) is 11.4. The molecule has 0 fully saturated rings. The fraction of sp³-hybridized carbons (Fsp3) is 0.280. The van der Waals surface area contributed by atoms with Gasteiger partial charge < -0.3 is 21.3 Å². The van der Waals surface area contributed by atoms with Gasteiger partial charge in [-0.25, -0.2) is 22.2 Å². The van der Waals surface area contributed by atoms with Crippen molar-refractivity contribution in [3.05, 3.63) is 77.5 Å². The van der Waals surface area contributed by atoms with Crippen LogP contribution in [0.15, 0.2) is 54.7 Å². The van der Waals surface area contributed by atoms with Gasteiger partial charge in [-0.15, -0.1) is 0 Å². The summed E-state index contributed by atoms with van der Waals surface area (Å²) in [5.74, 6) is -1.78. The molecule has 0 aliphatic carbocycles. The topological polar surface area (TPSA) is 129 Å². The van der Waals surface area contributed by atoms with Gasteiger partial charge in [0.1, 0.15) is 17.5 Å². The summed E-state index contributed by atoms with van der Waals surface area (Å²) < 4.78 is 54.3. The van der Waals surface area contributed by atoms with E-state index >= 15 is 0 Å². The lowest BCUT2D eigenvalue weighted by Gasteiger charge is -2.18. The van der Waals surface area contributed by atoms with Gasteiger partial charge in [0, 0.05) is 42.8 Å². The number of nitrogens with two attached hydrogens (primary N) is 1. The first-order valence-electron chi connectivity index (χ1n) is 11.7. The summed E-state index contributed by atoms with van der Waals surface area (Å²) in [5, 5.41) is 6.03. The molecule has 3 aromatic rings. The van der Waals surface area contributed by atoms with Crippen molar-refractivity contribution in [3.8, 4) is 0 Å². The van der Waals surface area contributed by atoms with Crippen molar-refractivity contribution in [2.24, 2.45) is 5.73 Å². The van der Waals surface area contributed by atoms with Gasteiger partial charge in [-0.05, 0) is 55.1 Å². The van der Waals surface area contributed by atoms with Crippen LogP contribution in [0.3, 0.4) is 0 Å². The molecule has 1 amide bonds. The highest BCUT2D eigenvalue weighted by atomic mass is 32.2. The summed E-state index contributed by atoms with van der Waals surface area (Å²) >= 11 is 0. The molecule has 3 rings (SSSR count). The lowest BCUT2D eigenvalue weighted by atomic mass is 10.1. The molecule has 1 aromatic heterocycles. The quantitative estimate of drug-likeness (QED) is 0.263. The third-order valence-corrected chi connectivity index (χ3v) is 6.84. The standard InChI is InChI=1S/C25H30F2N6O3S/c1-3-33(4-2)9-10-37(35,36)32-21-7-5-20(6-8-21)31-24-14-23(22(16-30-24)25(28)34)29-15-17-11-18(26)13-19(27)12-17/h5-8,11-14,16,32H,3-4,9-10,15H2,1-2H3,(H2,28,34)(H2,29,30,31). The summed E-state index contributed by atoms with van der Waals surface area (Å²) in [7, 11) is -3.50. The number of carbonyl (C=O) groups is 1. The summed E-state index contributed by atoms with van der Waals surface area (Å²) in [6.07, 6.45) is 1.29. The van der Waals surface area contributed by atoms with Gasteiger partial charge >= 0.3 is 0 Å². The second-order valence-corrected chi connectivity index (χ2v) is 10.1. The van der Waals surface area contributed by atoms with Gasteiger partial charge in [0.15, 0.2) is 0 Å². The molecule has 0 bridgehead atoms. The molecule has 1 heterocycles. The molecule has 198 valence electrons. The van der Waals surface area contributed by atoms with Crippen LogP contribution in [-0.2, 0) is 16.6 Å². The molecule has 0 saturated carbocycles. The smallest absolute Gasteiger partial charge is 0.252 e.